The molecule has 4 rings (SSSR count). The lowest BCUT2D eigenvalue weighted by molar-refractivity contribution is -0.125. The van der Waals surface area contributed by atoms with Gasteiger partial charge in [0.1, 0.15) is 17.9 Å². The highest BCUT2D eigenvalue weighted by molar-refractivity contribution is 5.87. The zero-order valence-electron chi connectivity index (χ0n) is 17.3. The number of nitrogens with one attached hydrogen (secondary N) is 1. The van der Waals surface area contributed by atoms with E-state index in [1.54, 1.807) is 18.3 Å². The van der Waals surface area contributed by atoms with Crippen LogP contribution >= 0.6 is 0 Å². The number of nitrogen functional groups attached to an aromatic ring is 1. The van der Waals surface area contributed by atoms with E-state index in [0.717, 1.165) is 17.9 Å². The number of hydrogen-bond acceptors (Lipinski definition) is 8. The van der Waals surface area contributed by atoms with Gasteiger partial charge in [0.2, 0.25) is 11.9 Å². The number of anilines is 3. The van der Waals surface area contributed by atoms with Gasteiger partial charge in [-0.15, -0.1) is 0 Å². The van der Waals surface area contributed by atoms with Crippen LogP contribution < -0.4 is 15.8 Å². The molecule has 1 atom stereocenters. The van der Waals surface area contributed by atoms with Crippen molar-refractivity contribution in [2.24, 2.45) is 0 Å². The molecule has 0 unspecified atom stereocenters. The molecule has 1 aromatic carbocycles. The molecule has 2 aromatic heterocycles. The van der Waals surface area contributed by atoms with E-state index >= 15 is 0 Å². The topological polar surface area (TPSA) is 120 Å². The monoisotopic (exact) mass is 423 g/mol. The van der Waals surface area contributed by atoms with Gasteiger partial charge in [-0.1, -0.05) is 6.58 Å². The summed E-state index contributed by atoms with van der Waals surface area (Å²) in [4.78, 5) is 27.0. The standard InChI is InChI=1S/C21H25N7O3/c1-3-17(29)27-9-8-15(12-27)28-13-23-18-19(22)25-21(26-20(18)28)24-14-4-6-16(7-5-14)31-11-10-30-2/h3-7,13,15H,1,8-12H2,2H3,(H3,22,24,25,26)/t15-/m1/s1. The minimum atomic E-state index is -0.0712. The van der Waals surface area contributed by atoms with Gasteiger partial charge in [-0.25, -0.2) is 4.98 Å². The number of carbonyl (C=O) groups is 1. The Hall–Kier alpha value is -3.66. The third kappa shape index (κ3) is 4.43. The Labute approximate surface area is 179 Å². The van der Waals surface area contributed by atoms with E-state index in [0.29, 0.717) is 49.2 Å². The Kier molecular flexibility index (Phi) is 5.99. The summed E-state index contributed by atoms with van der Waals surface area (Å²) in [5.41, 5.74) is 8.11. The van der Waals surface area contributed by atoms with Gasteiger partial charge in [-0.3, -0.25) is 4.79 Å². The van der Waals surface area contributed by atoms with Crippen LogP contribution in [0, 0.1) is 0 Å². The van der Waals surface area contributed by atoms with Crippen molar-refractivity contribution in [1.29, 1.82) is 0 Å². The molecule has 1 fully saturated rings. The first-order valence-electron chi connectivity index (χ1n) is 9.99. The van der Waals surface area contributed by atoms with E-state index in [4.69, 9.17) is 15.2 Å². The van der Waals surface area contributed by atoms with E-state index in [9.17, 15) is 4.79 Å². The molecule has 1 aliphatic heterocycles. The number of ether oxygens (including phenoxy) is 2. The van der Waals surface area contributed by atoms with Crippen molar-refractivity contribution >= 4 is 34.5 Å². The van der Waals surface area contributed by atoms with Crippen molar-refractivity contribution in [3.05, 3.63) is 43.2 Å². The number of imidazole rings is 1. The number of aromatic nitrogens is 4. The number of hydrogen-bond donors (Lipinski definition) is 2. The van der Waals surface area contributed by atoms with Gasteiger partial charge in [0.25, 0.3) is 0 Å². The van der Waals surface area contributed by atoms with Crippen LogP contribution in [0.5, 0.6) is 5.75 Å². The number of carbonyl (C=O) groups excluding carboxylic acids is 1. The highest BCUT2D eigenvalue weighted by atomic mass is 16.5. The highest BCUT2D eigenvalue weighted by Gasteiger charge is 2.28. The van der Waals surface area contributed by atoms with Crippen LogP contribution in [0.15, 0.2) is 43.2 Å². The Morgan fingerprint density at radius 3 is 2.87 bits per heavy atom. The summed E-state index contributed by atoms with van der Waals surface area (Å²) in [6.45, 7) is 5.82. The second-order valence-corrected chi connectivity index (χ2v) is 7.18. The molecule has 10 nitrogen and oxygen atoms in total. The SMILES string of the molecule is C=CC(=O)N1CC[C@@H](n2cnc3c(N)nc(Nc4ccc(OCCOC)cc4)nc32)C1. The number of benzene rings is 1. The van der Waals surface area contributed by atoms with E-state index < -0.39 is 0 Å². The predicted molar refractivity (Wildman–Crippen MR) is 117 cm³/mol. The van der Waals surface area contributed by atoms with E-state index in [1.807, 2.05) is 28.8 Å². The first-order valence-corrected chi connectivity index (χ1v) is 9.99. The normalized spacial score (nSPS) is 15.9. The maximum atomic E-state index is 11.9. The largest absolute Gasteiger partial charge is 0.491 e. The molecule has 1 amide bonds. The van der Waals surface area contributed by atoms with Crippen LogP contribution in [0.25, 0.3) is 11.2 Å². The molecule has 1 aliphatic rings. The van der Waals surface area contributed by atoms with Crippen LogP contribution in [-0.4, -0.2) is 63.7 Å². The number of fused-ring (bicyclic) bond motifs is 1. The lowest BCUT2D eigenvalue weighted by atomic mass is 10.2. The molecule has 1 saturated heterocycles. The molecular weight excluding hydrogens is 398 g/mol. The molecule has 162 valence electrons. The van der Waals surface area contributed by atoms with Crippen LogP contribution in [0.4, 0.5) is 17.5 Å². The zero-order valence-corrected chi connectivity index (χ0v) is 17.3. The minimum Gasteiger partial charge on any atom is -0.491 e. The number of nitrogens with zero attached hydrogens (tertiary/aromatic N) is 5. The maximum Gasteiger partial charge on any atom is 0.246 e. The lowest BCUT2D eigenvalue weighted by Gasteiger charge is -2.15. The lowest BCUT2D eigenvalue weighted by Crippen LogP contribution is -2.27. The summed E-state index contributed by atoms with van der Waals surface area (Å²) >= 11 is 0. The van der Waals surface area contributed by atoms with Gasteiger partial charge in [-0.05, 0) is 36.8 Å². The summed E-state index contributed by atoms with van der Waals surface area (Å²) in [6, 6.07) is 7.53. The molecule has 0 spiro atoms. The average Bonchev–Trinajstić information content (AvgIpc) is 3.42. The Morgan fingerprint density at radius 2 is 2.13 bits per heavy atom. The number of likely N-dealkylation sites (tertiary alicyclic amines) is 1. The number of nitrogens with two attached hydrogens (primary N) is 1. The fourth-order valence-electron chi connectivity index (χ4n) is 3.57. The maximum absolute atomic E-state index is 11.9. The fourth-order valence-corrected chi connectivity index (χ4v) is 3.57. The molecule has 3 N–H and O–H groups in total. The Morgan fingerprint density at radius 1 is 1.32 bits per heavy atom. The molecular formula is C21H25N7O3. The molecule has 0 aliphatic carbocycles. The molecule has 3 heterocycles. The van der Waals surface area contributed by atoms with Gasteiger partial charge in [0.15, 0.2) is 11.5 Å². The Balaban J connectivity index is 1.53. The molecule has 10 heteroatoms. The quantitative estimate of drug-likeness (QED) is 0.418. The Bertz CT molecular complexity index is 1080. The average molecular weight is 423 g/mol. The first-order chi connectivity index (χ1) is 15.1. The van der Waals surface area contributed by atoms with Crippen LogP contribution in [0.2, 0.25) is 0 Å². The fraction of sp³-hybridized carbons (Fsp3) is 0.333. The molecule has 3 aromatic rings. The highest BCUT2D eigenvalue weighted by Crippen LogP contribution is 2.28. The number of rotatable bonds is 8. The molecule has 0 radical (unpaired) electrons. The summed E-state index contributed by atoms with van der Waals surface area (Å²) in [5, 5.41) is 3.17. The zero-order chi connectivity index (χ0) is 21.8. The third-order valence-corrected chi connectivity index (χ3v) is 5.16. The van der Waals surface area contributed by atoms with Crippen LogP contribution in [0.1, 0.15) is 12.5 Å². The summed E-state index contributed by atoms with van der Waals surface area (Å²) in [5.74, 6) is 1.34. The van der Waals surface area contributed by atoms with E-state index in [-0.39, 0.29) is 11.9 Å². The van der Waals surface area contributed by atoms with Crippen molar-refractivity contribution < 1.29 is 14.3 Å². The molecule has 0 saturated carbocycles. The van der Waals surface area contributed by atoms with Crippen molar-refractivity contribution in [3.8, 4) is 5.75 Å². The van der Waals surface area contributed by atoms with Crippen molar-refractivity contribution in [2.75, 3.05) is 44.5 Å². The van der Waals surface area contributed by atoms with Crippen molar-refractivity contribution in [3.63, 3.8) is 0 Å². The van der Waals surface area contributed by atoms with Crippen molar-refractivity contribution in [2.45, 2.75) is 12.5 Å². The summed E-state index contributed by atoms with van der Waals surface area (Å²) in [7, 11) is 1.63. The minimum absolute atomic E-state index is 0.0691. The number of methoxy groups -OCH3 is 1. The first kappa shape index (κ1) is 20.6. The van der Waals surface area contributed by atoms with Gasteiger partial charge in [0, 0.05) is 25.9 Å². The summed E-state index contributed by atoms with van der Waals surface area (Å²) < 4.78 is 12.5. The predicted octanol–water partition coefficient (Wildman–Crippen LogP) is 2.14. The van der Waals surface area contributed by atoms with E-state index in [1.165, 1.54) is 6.08 Å². The number of amides is 1. The van der Waals surface area contributed by atoms with Gasteiger partial charge in [0.05, 0.1) is 19.0 Å². The second kappa shape index (κ2) is 9.00. The van der Waals surface area contributed by atoms with E-state index in [2.05, 4.69) is 26.8 Å². The van der Waals surface area contributed by atoms with Crippen LogP contribution in [-0.2, 0) is 9.53 Å². The third-order valence-electron chi connectivity index (χ3n) is 5.16. The molecule has 0 bridgehead atoms. The summed E-state index contributed by atoms with van der Waals surface area (Å²) in [6.07, 6.45) is 3.85. The van der Waals surface area contributed by atoms with Crippen molar-refractivity contribution in [1.82, 2.24) is 24.4 Å². The van der Waals surface area contributed by atoms with Gasteiger partial charge in [-0.2, -0.15) is 9.97 Å². The van der Waals surface area contributed by atoms with Gasteiger partial charge < -0.3 is 30.0 Å². The van der Waals surface area contributed by atoms with Crippen LogP contribution in [0.3, 0.4) is 0 Å². The van der Waals surface area contributed by atoms with Gasteiger partial charge >= 0.3 is 0 Å². The second-order valence-electron chi connectivity index (χ2n) is 7.18. The smallest absolute Gasteiger partial charge is 0.246 e. The molecule has 31 heavy (non-hydrogen) atoms.